The number of rotatable bonds is 5. The Morgan fingerprint density at radius 3 is 2.47 bits per heavy atom. The van der Waals surface area contributed by atoms with Crippen LogP contribution in [0.4, 0.5) is 13.2 Å². The van der Waals surface area contributed by atoms with E-state index in [2.05, 4.69) is 6.92 Å². The van der Waals surface area contributed by atoms with E-state index in [4.69, 9.17) is 0 Å². The fraction of sp³-hybridized carbons (Fsp3) is 0.556. The molecule has 162 valence electrons. The van der Waals surface area contributed by atoms with E-state index in [-0.39, 0.29) is 11.3 Å². The molecular formula is C27H33F3. The lowest BCUT2D eigenvalue weighted by Gasteiger charge is -2.42. The number of hydrogen-bond acceptors (Lipinski definition) is 0. The van der Waals surface area contributed by atoms with Gasteiger partial charge in [-0.15, -0.1) is 0 Å². The standard InChI is InChI=1S/C27H33F3/c1-3-5-6-7-22-16-21-12-13-23(26(29)24(21)27(30)25(22)28)20-11-10-18-14-17(4-2)8-9-19(18)15-20/h3,5,12-13,16-20H,4,6-11,14-15H2,1-2H3/b5-3+/t17?,18-,19?,20-/m1/s1. The van der Waals surface area contributed by atoms with E-state index in [1.807, 2.05) is 25.1 Å². The molecule has 4 rings (SSSR count). The van der Waals surface area contributed by atoms with Crippen molar-refractivity contribution in [2.45, 2.75) is 77.6 Å². The van der Waals surface area contributed by atoms with Crippen LogP contribution in [0.15, 0.2) is 30.4 Å². The summed E-state index contributed by atoms with van der Waals surface area (Å²) in [6.07, 6.45) is 13.0. The van der Waals surface area contributed by atoms with E-state index in [9.17, 15) is 8.78 Å². The van der Waals surface area contributed by atoms with Crippen molar-refractivity contribution in [1.29, 1.82) is 0 Å². The van der Waals surface area contributed by atoms with Gasteiger partial charge in [-0.3, -0.25) is 0 Å². The molecule has 0 heterocycles. The molecular weight excluding hydrogens is 381 g/mol. The lowest BCUT2D eigenvalue weighted by molar-refractivity contribution is 0.116. The Hall–Kier alpha value is -1.77. The first kappa shape index (κ1) is 21.5. The first-order chi connectivity index (χ1) is 14.5. The third-order valence-electron chi connectivity index (χ3n) is 7.78. The quantitative estimate of drug-likeness (QED) is 0.430. The van der Waals surface area contributed by atoms with Crippen molar-refractivity contribution in [2.24, 2.45) is 17.8 Å². The first-order valence-electron chi connectivity index (χ1n) is 11.7. The molecule has 0 amide bonds. The second-order valence-electron chi connectivity index (χ2n) is 9.46. The second kappa shape index (κ2) is 9.16. The Bertz CT molecular complexity index is 930. The molecule has 0 nitrogen and oxygen atoms in total. The van der Waals surface area contributed by atoms with Gasteiger partial charge < -0.3 is 0 Å². The van der Waals surface area contributed by atoms with Crippen LogP contribution in [0.5, 0.6) is 0 Å². The van der Waals surface area contributed by atoms with Crippen molar-refractivity contribution in [3.05, 3.63) is 58.9 Å². The molecule has 0 saturated heterocycles. The van der Waals surface area contributed by atoms with Crippen LogP contribution in [0.2, 0.25) is 0 Å². The molecule has 2 aromatic rings. The minimum absolute atomic E-state index is 0.116. The average molecular weight is 415 g/mol. The molecule has 0 aromatic heterocycles. The number of benzene rings is 2. The Morgan fingerprint density at radius 2 is 1.70 bits per heavy atom. The molecule has 4 atom stereocenters. The summed E-state index contributed by atoms with van der Waals surface area (Å²) >= 11 is 0. The predicted molar refractivity (Wildman–Crippen MR) is 118 cm³/mol. The molecule has 2 aromatic carbocycles. The van der Waals surface area contributed by atoms with Crippen LogP contribution in [0.3, 0.4) is 0 Å². The Labute approximate surface area is 178 Å². The van der Waals surface area contributed by atoms with Crippen molar-refractivity contribution < 1.29 is 13.2 Å². The van der Waals surface area contributed by atoms with Gasteiger partial charge in [0.2, 0.25) is 0 Å². The molecule has 0 radical (unpaired) electrons. The smallest absolute Gasteiger partial charge is 0.169 e. The van der Waals surface area contributed by atoms with Crippen LogP contribution < -0.4 is 0 Å². The lowest BCUT2D eigenvalue weighted by Crippen LogP contribution is -2.30. The van der Waals surface area contributed by atoms with Crippen molar-refractivity contribution in [1.82, 2.24) is 0 Å². The zero-order valence-corrected chi connectivity index (χ0v) is 18.2. The molecule has 0 spiro atoms. The SMILES string of the molecule is C/C=C/CCc1cc2ccc([C@@H]3CC[C@@H]4CC(CC)CCC4C3)c(F)c2c(F)c1F. The highest BCUT2D eigenvalue weighted by Crippen LogP contribution is 2.49. The summed E-state index contributed by atoms with van der Waals surface area (Å²) < 4.78 is 45.0. The van der Waals surface area contributed by atoms with Crippen LogP contribution >= 0.6 is 0 Å². The van der Waals surface area contributed by atoms with Crippen LogP contribution in [0.1, 0.15) is 82.3 Å². The fourth-order valence-electron chi connectivity index (χ4n) is 5.99. The number of hydrogen-bond donors (Lipinski definition) is 0. The predicted octanol–water partition coefficient (Wildman–Crippen LogP) is 8.48. The average Bonchev–Trinajstić information content (AvgIpc) is 2.76. The molecule has 3 heteroatoms. The maximum atomic E-state index is 15.5. The fourth-order valence-corrected chi connectivity index (χ4v) is 5.99. The monoisotopic (exact) mass is 414 g/mol. The van der Waals surface area contributed by atoms with Crippen LogP contribution in [0, 0.1) is 35.2 Å². The van der Waals surface area contributed by atoms with Crippen molar-refractivity contribution in [3.63, 3.8) is 0 Å². The van der Waals surface area contributed by atoms with E-state index < -0.39 is 17.5 Å². The Kier molecular flexibility index (Phi) is 6.55. The third-order valence-corrected chi connectivity index (χ3v) is 7.78. The lowest BCUT2D eigenvalue weighted by atomic mass is 9.63. The molecule has 2 fully saturated rings. The summed E-state index contributed by atoms with van der Waals surface area (Å²) in [5.74, 6) is -0.0988. The Balaban J connectivity index is 1.61. The van der Waals surface area contributed by atoms with Gasteiger partial charge in [0.05, 0.1) is 5.39 Å². The molecule has 2 saturated carbocycles. The van der Waals surface area contributed by atoms with E-state index in [0.29, 0.717) is 35.3 Å². The first-order valence-corrected chi connectivity index (χ1v) is 11.7. The molecule has 0 N–H and O–H groups in total. The highest BCUT2D eigenvalue weighted by atomic mass is 19.2. The molecule has 0 bridgehead atoms. The van der Waals surface area contributed by atoms with Gasteiger partial charge in [-0.05, 0) is 98.1 Å². The van der Waals surface area contributed by atoms with Gasteiger partial charge in [-0.25, -0.2) is 13.2 Å². The summed E-state index contributed by atoms with van der Waals surface area (Å²) in [6, 6.07) is 5.23. The molecule has 2 unspecified atom stereocenters. The number of halogens is 3. The largest absolute Gasteiger partial charge is 0.206 e. The van der Waals surface area contributed by atoms with Crippen molar-refractivity contribution in [3.8, 4) is 0 Å². The summed E-state index contributed by atoms with van der Waals surface area (Å²) in [7, 11) is 0. The van der Waals surface area contributed by atoms with Gasteiger partial charge in [0.15, 0.2) is 11.6 Å². The number of fused-ring (bicyclic) bond motifs is 2. The van der Waals surface area contributed by atoms with Crippen LogP contribution in [0.25, 0.3) is 10.8 Å². The Morgan fingerprint density at radius 1 is 0.933 bits per heavy atom. The summed E-state index contributed by atoms with van der Waals surface area (Å²) in [5.41, 5.74) is 0.900. The second-order valence-corrected chi connectivity index (χ2v) is 9.46. The third kappa shape index (κ3) is 4.05. The summed E-state index contributed by atoms with van der Waals surface area (Å²) in [5, 5.41) is 0.291. The van der Waals surface area contributed by atoms with Crippen molar-refractivity contribution >= 4 is 10.8 Å². The molecule has 2 aliphatic rings. The van der Waals surface area contributed by atoms with E-state index in [1.54, 1.807) is 12.1 Å². The summed E-state index contributed by atoms with van der Waals surface area (Å²) in [6.45, 7) is 4.18. The maximum absolute atomic E-state index is 15.5. The van der Waals surface area contributed by atoms with Gasteiger partial charge in [-0.1, -0.05) is 44.1 Å². The van der Waals surface area contributed by atoms with Gasteiger partial charge in [0.25, 0.3) is 0 Å². The maximum Gasteiger partial charge on any atom is 0.169 e. The van der Waals surface area contributed by atoms with E-state index in [0.717, 1.165) is 31.1 Å². The molecule has 30 heavy (non-hydrogen) atoms. The highest BCUT2D eigenvalue weighted by Gasteiger charge is 2.36. The molecule has 0 aliphatic heterocycles. The number of allylic oxidation sites excluding steroid dienone is 2. The zero-order valence-electron chi connectivity index (χ0n) is 18.2. The topological polar surface area (TPSA) is 0 Å². The zero-order chi connectivity index (χ0) is 21.3. The minimum Gasteiger partial charge on any atom is -0.206 e. The van der Waals surface area contributed by atoms with Crippen LogP contribution in [-0.4, -0.2) is 0 Å². The highest BCUT2D eigenvalue weighted by molar-refractivity contribution is 5.85. The normalized spacial score (nSPS) is 27.0. The number of aryl methyl sites for hydroxylation is 1. The van der Waals surface area contributed by atoms with Gasteiger partial charge in [0, 0.05) is 0 Å². The van der Waals surface area contributed by atoms with Crippen molar-refractivity contribution in [2.75, 3.05) is 0 Å². The molecule has 2 aliphatic carbocycles. The van der Waals surface area contributed by atoms with Gasteiger partial charge in [-0.2, -0.15) is 0 Å². The van der Waals surface area contributed by atoms with E-state index in [1.165, 1.54) is 25.7 Å². The van der Waals surface area contributed by atoms with Crippen LogP contribution in [-0.2, 0) is 6.42 Å². The minimum atomic E-state index is -1.03. The van der Waals surface area contributed by atoms with Gasteiger partial charge >= 0.3 is 0 Å². The van der Waals surface area contributed by atoms with E-state index >= 15 is 4.39 Å². The van der Waals surface area contributed by atoms with Gasteiger partial charge in [0.1, 0.15) is 5.82 Å². The summed E-state index contributed by atoms with van der Waals surface area (Å²) in [4.78, 5) is 0.